The highest BCUT2D eigenvalue weighted by Gasteiger charge is 2.31. The number of amides is 1. The molecule has 0 saturated carbocycles. The van der Waals surface area contributed by atoms with Crippen molar-refractivity contribution >= 4 is 28.8 Å². The third-order valence-electron chi connectivity index (χ3n) is 4.73. The highest BCUT2D eigenvalue weighted by molar-refractivity contribution is 6.30. The average molecular weight is 410 g/mol. The van der Waals surface area contributed by atoms with Crippen molar-refractivity contribution in [1.29, 1.82) is 0 Å². The number of allylic oxidation sites excluding steroid dienone is 6. The molecule has 0 bridgehead atoms. The van der Waals surface area contributed by atoms with Gasteiger partial charge in [0.15, 0.2) is 5.76 Å². The fourth-order valence-corrected chi connectivity index (χ4v) is 3.54. The van der Waals surface area contributed by atoms with Crippen LogP contribution in [0.2, 0.25) is 5.02 Å². The number of carbonyl (C=O) groups is 1. The number of carbonyl (C=O) groups excluding carboxylic acids is 1. The van der Waals surface area contributed by atoms with Crippen LogP contribution in [0.15, 0.2) is 63.7 Å². The lowest BCUT2D eigenvalue weighted by Crippen LogP contribution is -2.20. The van der Waals surface area contributed by atoms with Gasteiger partial charge in [0.2, 0.25) is 5.91 Å². The van der Waals surface area contributed by atoms with E-state index in [0.29, 0.717) is 10.8 Å². The van der Waals surface area contributed by atoms with Gasteiger partial charge in [0.1, 0.15) is 6.04 Å². The van der Waals surface area contributed by atoms with E-state index in [4.69, 9.17) is 21.1 Å². The summed E-state index contributed by atoms with van der Waals surface area (Å²) in [6, 6.07) is 7.07. The molecule has 0 saturated heterocycles. The Morgan fingerprint density at radius 1 is 1.17 bits per heavy atom. The number of benzene rings is 1. The molecule has 1 aromatic heterocycles. The number of fused-ring (bicyclic) bond motifs is 1. The van der Waals surface area contributed by atoms with Crippen LogP contribution < -0.4 is 5.32 Å². The van der Waals surface area contributed by atoms with Crippen molar-refractivity contribution in [3.8, 4) is 0 Å². The van der Waals surface area contributed by atoms with Gasteiger partial charge in [-0.2, -0.15) is 0 Å². The number of nitrogens with one attached hydrogen (secondary N) is 1. The van der Waals surface area contributed by atoms with Crippen LogP contribution in [-0.4, -0.2) is 23.8 Å². The molecule has 1 aliphatic heterocycles. The first-order valence-electron chi connectivity index (χ1n) is 9.51. The lowest BCUT2D eigenvalue weighted by molar-refractivity contribution is -0.121. The van der Waals surface area contributed by atoms with Gasteiger partial charge >= 0.3 is 0 Å². The zero-order valence-electron chi connectivity index (χ0n) is 17.0. The number of nitrogens with zero attached hydrogens (tertiary/aromatic N) is 2. The summed E-state index contributed by atoms with van der Waals surface area (Å²) < 4.78 is 5.68. The van der Waals surface area contributed by atoms with E-state index in [1.54, 1.807) is 7.05 Å². The third-order valence-corrected chi connectivity index (χ3v) is 4.99. The number of aryl methyl sites for hydroxylation is 1. The minimum absolute atomic E-state index is 0.115. The third kappa shape index (κ3) is 4.25. The number of hydrogen-bond donors (Lipinski definition) is 1. The Morgan fingerprint density at radius 2 is 1.83 bits per heavy atom. The average Bonchev–Trinajstić information content (AvgIpc) is 3.04. The largest absolute Gasteiger partial charge is 0.359 e. The van der Waals surface area contributed by atoms with Gasteiger partial charge in [-0.05, 0) is 38.5 Å². The minimum atomic E-state index is -0.486. The molecule has 1 atom stereocenters. The van der Waals surface area contributed by atoms with Gasteiger partial charge in [-0.3, -0.25) is 9.79 Å². The van der Waals surface area contributed by atoms with Crippen LogP contribution in [0.3, 0.4) is 0 Å². The zero-order chi connectivity index (χ0) is 21.0. The first kappa shape index (κ1) is 20.8. The van der Waals surface area contributed by atoms with E-state index in [9.17, 15) is 4.79 Å². The van der Waals surface area contributed by atoms with Crippen LogP contribution in [0, 0.1) is 6.92 Å². The summed E-state index contributed by atoms with van der Waals surface area (Å²) in [6.45, 7) is 5.84. The Bertz CT molecular complexity index is 1030. The van der Waals surface area contributed by atoms with Gasteiger partial charge in [-0.25, -0.2) is 0 Å². The molecule has 1 aliphatic rings. The number of hydrogen-bond acceptors (Lipinski definition) is 4. The zero-order valence-corrected chi connectivity index (χ0v) is 17.7. The van der Waals surface area contributed by atoms with Crippen molar-refractivity contribution in [1.82, 2.24) is 10.5 Å². The second-order valence-electron chi connectivity index (χ2n) is 6.71. The molecule has 0 radical (unpaired) electrons. The molecular weight excluding hydrogens is 386 g/mol. The molecule has 29 heavy (non-hydrogen) atoms. The van der Waals surface area contributed by atoms with Crippen molar-refractivity contribution in [2.75, 3.05) is 7.05 Å². The quantitative estimate of drug-likeness (QED) is 0.735. The topological polar surface area (TPSA) is 67.5 Å². The van der Waals surface area contributed by atoms with Crippen LogP contribution in [0.5, 0.6) is 0 Å². The molecule has 0 aliphatic carbocycles. The van der Waals surface area contributed by atoms with Gasteiger partial charge in [0.05, 0.1) is 23.4 Å². The SMILES string of the molecule is C/C=C\C1=C(/C=C\C)c2c(C)noc2[C@H](CC(=O)NC)N=C1c1ccc(Cl)cc1. The van der Waals surface area contributed by atoms with Crippen molar-refractivity contribution < 1.29 is 9.32 Å². The molecule has 1 aromatic carbocycles. The van der Waals surface area contributed by atoms with E-state index in [0.717, 1.165) is 33.7 Å². The maximum absolute atomic E-state index is 12.2. The smallest absolute Gasteiger partial charge is 0.222 e. The first-order chi connectivity index (χ1) is 14.0. The van der Waals surface area contributed by atoms with Crippen molar-refractivity contribution in [3.05, 3.63) is 81.7 Å². The summed E-state index contributed by atoms with van der Waals surface area (Å²) in [5.74, 6) is 0.487. The fourth-order valence-electron chi connectivity index (χ4n) is 3.42. The summed E-state index contributed by atoms with van der Waals surface area (Å²) >= 11 is 6.10. The second-order valence-corrected chi connectivity index (χ2v) is 7.15. The van der Waals surface area contributed by atoms with Crippen LogP contribution in [0.25, 0.3) is 5.57 Å². The molecule has 3 rings (SSSR count). The van der Waals surface area contributed by atoms with E-state index in [1.807, 2.05) is 69.3 Å². The lowest BCUT2D eigenvalue weighted by Gasteiger charge is -2.12. The second kappa shape index (κ2) is 9.05. The van der Waals surface area contributed by atoms with Crippen molar-refractivity contribution in [2.24, 2.45) is 4.99 Å². The van der Waals surface area contributed by atoms with Crippen LogP contribution in [-0.2, 0) is 4.79 Å². The number of aromatic nitrogens is 1. The van der Waals surface area contributed by atoms with E-state index in [1.165, 1.54) is 0 Å². The van der Waals surface area contributed by atoms with E-state index >= 15 is 0 Å². The maximum Gasteiger partial charge on any atom is 0.222 e. The molecule has 2 heterocycles. The van der Waals surface area contributed by atoms with E-state index in [2.05, 4.69) is 10.5 Å². The summed E-state index contributed by atoms with van der Waals surface area (Å²) in [5.41, 5.74) is 5.27. The number of rotatable bonds is 5. The molecule has 1 N–H and O–H groups in total. The Labute approximate surface area is 175 Å². The Hall–Kier alpha value is -2.92. The Kier molecular flexibility index (Phi) is 6.49. The normalized spacial score (nSPS) is 16.9. The number of halogens is 1. The lowest BCUT2D eigenvalue weighted by atomic mass is 9.92. The monoisotopic (exact) mass is 409 g/mol. The molecule has 0 spiro atoms. The molecule has 5 nitrogen and oxygen atoms in total. The summed E-state index contributed by atoms with van der Waals surface area (Å²) in [6.07, 6.45) is 8.19. The van der Waals surface area contributed by atoms with Crippen molar-refractivity contribution in [2.45, 2.75) is 33.2 Å². The molecule has 0 fully saturated rings. The molecule has 0 unspecified atom stereocenters. The highest BCUT2D eigenvalue weighted by Crippen LogP contribution is 2.39. The number of aliphatic imine (C=N–C) groups is 1. The fraction of sp³-hybridized carbons (Fsp3) is 0.261. The highest BCUT2D eigenvalue weighted by atomic mass is 35.5. The van der Waals surface area contributed by atoms with E-state index < -0.39 is 6.04 Å². The predicted octanol–water partition coefficient (Wildman–Crippen LogP) is 5.22. The summed E-state index contributed by atoms with van der Waals surface area (Å²) in [4.78, 5) is 17.2. The van der Waals surface area contributed by atoms with Crippen LogP contribution >= 0.6 is 11.6 Å². The molecule has 2 aromatic rings. The maximum atomic E-state index is 12.2. The van der Waals surface area contributed by atoms with E-state index in [-0.39, 0.29) is 12.3 Å². The van der Waals surface area contributed by atoms with Crippen LogP contribution in [0.1, 0.15) is 48.9 Å². The molecule has 1 amide bonds. The first-order valence-corrected chi connectivity index (χ1v) is 9.88. The minimum Gasteiger partial charge on any atom is -0.359 e. The Balaban J connectivity index is 2.34. The molecule has 6 heteroatoms. The summed E-state index contributed by atoms with van der Waals surface area (Å²) in [5, 5.41) is 7.50. The predicted molar refractivity (Wildman–Crippen MR) is 117 cm³/mol. The summed E-state index contributed by atoms with van der Waals surface area (Å²) in [7, 11) is 1.62. The van der Waals surface area contributed by atoms with Gasteiger partial charge in [0.25, 0.3) is 0 Å². The standard InChI is InChI=1S/C23H24ClN3O2/c1-5-7-17-18(8-6-2)22(15-9-11-16(24)12-10-15)26-19(13-20(28)25-4)23-21(17)14(3)27-29-23/h5-12,19H,13H2,1-4H3,(H,25,28)/b7-5-,8-6-/t19-/m0/s1. The molecule has 150 valence electrons. The van der Waals surface area contributed by atoms with Gasteiger partial charge in [-0.15, -0.1) is 0 Å². The Morgan fingerprint density at radius 3 is 2.45 bits per heavy atom. The van der Waals surface area contributed by atoms with Crippen LogP contribution in [0.4, 0.5) is 0 Å². The van der Waals surface area contributed by atoms with Gasteiger partial charge in [-0.1, -0.05) is 53.2 Å². The van der Waals surface area contributed by atoms with Gasteiger partial charge < -0.3 is 9.84 Å². The van der Waals surface area contributed by atoms with Gasteiger partial charge in [0, 0.05) is 23.2 Å². The van der Waals surface area contributed by atoms with Crippen molar-refractivity contribution in [3.63, 3.8) is 0 Å². The molecular formula is C23H24ClN3O2.